The van der Waals surface area contributed by atoms with Crippen LogP contribution >= 0.6 is 0 Å². The maximum absolute atomic E-state index is 14.5. The van der Waals surface area contributed by atoms with Crippen LogP contribution in [0.15, 0.2) is 42.5 Å². The smallest absolute Gasteiger partial charge is 0.259 e. The molecule has 1 amide bonds. The van der Waals surface area contributed by atoms with Crippen molar-refractivity contribution in [2.45, 2.75) is 43.2 Å². The molecule has 2 fully saturated rings. The number of para-hydroxylation sites is 1. The highest BCUT2D eigenvalue weighted by molar-refractivity contribution is 5.97. The Morgan fingerprint density at radius 3 is 2.81 bits per heavy atom. The van der Waals surface area contributed by atoms with Crippen LogP contribution in [0, 0.1) is 11.7 Å². The molecule has 0 spiro atoms. The standard InChI is InChI=1S/C24H26F2N2O4/c25-19-7-14(6-15-8-20(26)23(30)27-22(15)19)21(29)12-28-11-16-9-18(10-24(16,31)13-28)32-17-4-2-1-3-5-17/h1-7,16,18,20-21,29,31H,8-13H2,(H,27,30)/t16-,18+,20?,21+,24-/m1/s1. The van der Waals surface area contributed by atoms with Crippen molar-refractivity contribution in [1.82, 2.24) is 4.90 Å². The summed E-state index contributed by atoms with van der Waals surface area (Å²) in [6.07, 6.45) is -1.75. The minimum absolute atomic E-state index is 0.0191. The monoisotopic (exact) mass is 444 g/mol. The first kappa shape index (κ1) is 21.3. The van der Waals surface area contributed by atoms with Crippen LogP contribution in [-0.2, 0) is 11.2 Å². The highest BCUT2D eigenvalue weighted by Crippen LogP contribution is 2.43. The van der Waals surface area contributed by atoms with Gasteiger partial charge in [-0.05, 0) is 35.7 Å². The lowest BCUT2D eigenvalue weighted by atomic mass is 9.95. The molecular formula is C24H26F2N2O4. The molecule has 1 saturated heterocycles. The summed E-state index contributed by atoms with van der Waals surface area (Å²) in [5.41, 5.74) is -0.233. The Kier molecular flexibility index (Phi) is 5.39. The Hall–Kier alpha value is -2.55. The summed E-state index contributed by atoms with van der Waals surface area (Å²) in [5.74, 6) is -0.716. The number of anilines is 1. The molecule has 2 aliphatic heterocycles. The second-order valence-corrected chi connectivity index (χ2v) is 9.20. The van der Waals surface area contributed by atoms with Gasteiger partial charge in [-0.25, -0.2) is 8.78 Å². The number of aliphatic hydroxyl groups is 2. The fraction of sp³-hybridized carbons (Fsp3) is 0.458. The quantitative estimate of drug-likeness (QED) is 0.661. The number of halogens is 2. The van der Waals surface area contributed by atoms with Crippen LogP contribution in [0.25, 0.3) is 0 Å². The van der Waals surface area contributed by atoms with E-state index in [1.165, 1.54) is 6.07 Å². The second-order valence-electron chi connectivity index (χ2n) is 9.20. The van der Waals surface area contributed by atoms with E-state index in [0.717, 1.165) is 12.2 Å². The number of nitrogens with one attached hydrogen (secondary N) is 1. The van der Waals surface area contributed by atoms with Gasteiger partial charge in [0.1, 0.15) is 17.7 Å². The first-order valence-corrected chi connectivity index (χ1v) is 10.9. The number of β-amino-alcohol motifs (C(OH)–C–C–N with tert-alkyl or cyclic N) is 2. The number of aliphatic hydroxyl groups excluding tert-OH is 1. The van der Waals surface area contributed by atoms with Gasteiger partial charge in [-0.3, -0.25) is 9.69 Å². The van der Waals surface area contributed by atoms with Crippen LogP contribution in [0.3, 0.4) is 0 Å². The van der Waals surface area contributed by atoms with Crippen LogP contribution in [0.2, 0.25) is 0 Å². The number of alkyl halides is 1. The molecule has 170 valence electrons. The van der Waals surface area contributed by atoms with Gasteiger partial charge in [0.15, 0.2) is 6.17 Å². The molecule has 1 unspecified atom stereocenters. The Bertz CT molecular complexity index is 1020. The van der Waals surface area contributed by atoms with Gasteiger partial charge in [-0.2, -0.15) is 0 Å². The summed E-state index contributed by atoms with van der Waals surface area (Å²) in [7, 11) is 0. The predicted octanol–water partition coefficient (Wildman–Crippen LogP) is 2.60. The average molecular weight is 444 g/mol. The third kappa shape index (κ3) is 3.98. The number of hydrogen-bond donors (Lipinski definition) is 3. The number of rotatable bonds is 5. The summed E-state index contributed by atoms with van der Waals surface area (Å²) < 4.78 is 34.2. The zero-order chi connectivity index (χ0) is 22.5. The van der Waals surface area contributed by atoms with E-state index in [4.69, 9.17) is 4.74 Å². The molecule has 0 aromatic heterocycles. The van der Waals surface area contributed by atoms with Gasteiger partial charge in [-0.15, -0.1) is 0 Å². The molecule has 0 bridgehead atoms. The molecule has 8 heteroatoms. The van der Waals surface area contributed by atoms with Crippen LogP contribution in [0.4, 0.5) is 14.5 Å². The number of likely N-dealkylation sites (tertiary alicyclic amines) is 1. The van der Waals surface area contributed by atoms with Crippen molar-refractivity contribution in [3.63, 3.8) is 0 Å². The highest BCUT2D eigenvalue weighted by atomic mass is 19.1. The van der Waals surface area contributed by atoms with Crippen LogP contribution < -0.4 is 10.1 Å². The number of carbonyl (C=O) groups is 1. The molecule has 32 heavy (non-hydrogen) atoms. The molecule has 3 N–H and O–H groups in total. The molecule has 0 radical (unpaired) electrons. The molecule has 1 saturated carbocycles. The number of nitrogens with zero attached hydrogens (tertiary/aromatic N) is 1. The maximum atomic E-state index is 14.5. The van der Waals surface area contributed by atoms with Crippen molar-refractivity contribution in [3.8, 4) is 5.75 Å². The third-order valence-electron chi connectivity index (χ3n) is 6.85. The van der Waals surface area contributed by atoms with Crippen molar-refractivity contribution in [2.75, 3.05) is 25.0 Å². The molecule has 2 aromatic carbocycles. The summed E-state index contributed by atoms with van der Waals surface area (Å²) in [4.78, 5) is 13.4. The van der Waals surface area contributed by atoms with E-state index in [-0.39, 0.29) is 30.7 Å². The van der Waals surface area contributed by atoms with Crippen LogP contribution in [0.1, 0.15) is 30.1 Å². The van der Waals surface area contributed by atoms with E-state index in [1.807, 2.05) is 35.2 Å². The number of carbonyl (C=O) groups excluding carboxylic acids is 1. The summed E-state index contributed by atoms with van der Waals surface area (Å²) in [6.45, 7) is 1.24. The van der Waals surface area contributed by atoms with Gasteiger partial charge in [-0.1, -0.05) is 24.3 Å². The van der Waals surface area contributed by atoms with E-state index in [9.17, 15) is 23.8 Å². The molecule has 2 heterocycles. The number of hydrogen-bond acceptors (Lipinski definition) is 5. The van der Waals surface area contributed by atoms with E-state index in [1.54, 1.807) is 6.07 Å². The van der Waals surface area contributed by atoms with Crippen molar-refractivity contribution in [3.05, 3.63) is 59.4 Å². The molecule has 2 aromatic rings. The highest BCUT2D eigenvalue weighted by Gasteiger charge is 2.52. The second kappa shape index (κ2) is 8.10. The summed E-state index contributed by atoms with van der Waals surface area (Å²) in [6, 6.07) is 12.3. The first-order valence-electron chi connectivity index (χ1n) is 10.9. The van der Waals surface area contributed by atoms with Crippen molar-refractivity contribution in [2.24, 2.45) is 5.92 Å². The number of amides is 1. The Morgan fingerprint density at radius 1 is 1.28 bits per heavy atom. The van der Waals surface area contributed by atoms with Crippen LogP contribution in [0.5, 0.6) is 5.75 Å². The van der Waals surface area contributed by atoms with Crippen molar-refractivity contribution >= 4 is 11.6 Å². The fourth-order valence-electron chi connectivity index (χ4n) is 5.32. The summed E-state index contributed by atoms with van der Waals surface area (Å²) in [5, 5.41) is 24.1. The molecule has 5 rings (SSSR count). The molecule has 1 aliphatic carbocycles. The predicted molar refractivity (Wildman–Crippen MR) is 114 cm³/mol. The van der Waals surface area contributed by atoms with Crippen molar-refractivity contribution < 1.29 is 28.5 Å². The Morgan fingerprint density at radius 2 is 2.06 bits per heavy atom. The van der Waals surface area contributed by atoms with E-state index < -0.39 is 29.6 Å². The molecule has 5 atom stereocenters. The SMILES string of the molecule is O=C1Nc2c(F)cc([C@@H](O)CN3C[C@H]4C[C@H](Oc5ccccc5)C[C@@]4(O)C3)cc2CC1F. The number of benzene rings is 2. The van der Waals surface area contributed by atoms with E-state index in [2.05, 4.69) is 5.32 Å². The lowest BCUT2D eigenvalue weighted by Crippen LogP contribution is -2.36. The van der Waals surface area contributed by atoms with Crippen molar-refractivity contribution in [1.29, 1.82) is 0 Å². The van der Waals surface area contributed by atoms with Gasteiger partial charge >= 0.3 is 0 Å². The minimum Gasteiger partial charge on any atom is -0.490 e. The first-order chi connectivity index (χ1) is 15.3. The number of fused-ring (bicyclic) bond motifs is 2. The van der Waals surface area contributed by atoms with E-state index in [0.29, 0.717) is 30.6 Å². The Labute approximate surface area is 184 Å². The molecule has 3 aliphatic rings. The lowest BCUT2D eigenvalue weighted by Gasteiger charge is -2.26. The van der Waals surface area contributed by atoms with E-state index >= 15 is 0 Å². The van der Waals surface area contributed by atoms with Gasteiger partial charge in [0.05, 0.1) is 17.4 Å². The molecule has 6 nitrogen and oxygen atoms in total. The Balaban J connectivity index is 1.22. The largest absolute Gasteiger partial charge is 0.490 e. The van der Waals surface area contributed by atoms with Gasteiger partial charge in [0.25, 0.3) is 5.91 Å². The van der Waals surface area contributed by atoms with Gasteiger partial charge < -0.3 is 20.3 Å². The zero-order valence-electron chi connectivity index (χ0n) is 17.5. The normalized spacial score (nSPS) is 30.5. The molecular weight excluding hydrogens is 418 g/mol. The van der Waals surface area contributed by atoms with Gasteiger partial charge in [0, 0.05) is 38.4 Å². The lowest BCUT2D eigenvalue weighted by molar-refractivity contribution is -0.121. The average Bonchev–Trinajstić information content (AvgIpc) is 3.20. The maximum Gasteiger partial charge on any atom is 0.259 e. The summed E-state index contributed by atoms with van der Waals surface area (Å²) >= 11 is 0. The fourth-order valence-corrected chi connectivity index (χ4v) is 5.32. The van der Waals surface area contributed by atoms with Gasteiger partial charge in [0.2, 0.25) is 0 Å². The van der Waals surface area contributed by atoms with Crippen LogP contribution in [-0.4, -0.2) is 58.5 Å². The topological polar surface area (TPSA) is 82.0 Å². The number of ether oxygens (including phenoxy) is 1. The third-order valence-corrected chi connectivity index (χ3v) is 6.85. The zero-order valence-corrected chi connectivity index (χ0v) is 17.5. The minimum atomic E-state index is -1.73.